The van der Waals surface area contributed by atoms with E-state index in [9.17, 15) is 9.59 Å². The minimum atomic E-state index is -0.649. The lowest BCUT2D eigenvalue weighted by atomic mass is 9.75. The molecule has 0 saturated heterocycles. The third kappa shape index (κ3) is 6.81. The molecule has 1 saturated carbocycles. The molecule has 8 heteroatoms. The van der Waals surface area contributed by atoms with Crippen molar-refractivity contribution in [1.82, 2.24) is 4.98 Å². The van der Waals surface area contributed by atoms with Crippen LogP contribution in [0.3, 0.4) is 0 Å². The molecule has 1 amide bonds. The summed E-state index contributed by atoms with van der Waals surface area (Å²) in [5.74, 6) is -0.184. The van der Waals surface area contributed by atoms with Crippen LogP contribution in [0.15, 0.2) is 23.5 Å². The fraction of sp³-hybridized carbons (Fsp3) is 0.619. The number of rotatable bonds is 5. The van der Waals surface area contributed by atoms with Crippen molar-refractivity contribution in [1.29, 1.82) is 0 Å². The molecule has 1 aromatic heterocycles. The number of hydrogen-bond acceptors (Lipinski definition) is 7. The number of anilines is 1. The first kappa shape index (κ1) is 22.8. The zero-order valence-corrected chi connectivity index (χ0v) is 17.8. The summed E-state index contributed by atoms with van der Waals surface area (Å²) >= 11 is 0. The molecule has 1 heterocycles. The first-order valence-electron chi connectivity index (χ1n) is 9.79. The van der Waals surface area contributed by atoms with Gasteiger partial charge in [-0.2, -0.15) is 4.99 Å². The number of carbonyl (C=O) groups excluding carboxylic acids is 2. The second-order valence-electron chi connectivity index (χ2n) is 8.32. The number of esters is 1. The van der Waals surface area contributed by atoms with Gasteiger partial charge in [-0.1, -0.05) is 6.92 Å². The third-order valence-corrected chi connectivity index (χ3v) is 4.74. The van der Waals surface area contributed by atoms with Crippen molar-refractivity contribution in [3.8, 4) is 0 Å². The molecule has 2 rings (SSSR count). The van der Waals surface area contributed by atoms with Crippen molar-refractivity contribution in [2.45, 2.75) is 64.6 Å². The molecule has 2 N–H and O–H groups in total. The highest BCUT2D eigenvalue weighted by Crippen LogP contribution is 2.38. The number of nitrogens with two attached hydrogens (primary N) is 1. The molecule has 1 aromatic rings. The third-order valence-electron chi connectivity index (χ3n) is 4.74. The Morgan fingerprint density at radius 3 is 2.69 bits per heavy atom. The van der Waals surface area contributed by atoms with Gasteiger partial charge in [0.15, 0.2) is 0 Å². The van der Waals surface area contributed by atoms with Crippen LogP contribution in [-0.4, -0.2) is 48.2 Å². The summed E-state index contributed by atoms with van der Waals surface area (Å²) in [6.45, 7) is 7.60. The summed E-state index contributed by atoms with van der Waals surface area (Å²) in [5.41, 5.74) is 7.67. The molecule has 0 spiro atoms. The number of ether oxygens (including phenoxy) is 3. The van der Waals surface area contributed by atoms with Gasteiger partial charge in [0.05, 0.1) is 43.8 Å². The zero-order valence-electron chi connectivity index (χ0n) is 17.8. The molecule has 160 valence electrons. The average molecular weight is 405 g/mol. The molecule has 0 aromatic carbocycles. The average Bonchev–Trinajstić information content (AvgIpc) is 2.62. The number of nitrogens with zero attached hydrogens (tertiary/aromatic N) is 2. The Morgan fingerprint density at radius 1 is 1.34 bits per heavy atom. The van der Waals surface area contributed by atoms with Gasteiger partial charge < -0.3 is 19.9 Å². The van der Waals surface area contributed by atoms with Crippen molar-refractivity contribution in [3.05, 3.63) is 24.0 Å². The van der Waals surface area contributed by atoms with Gasteiger partial charge in [-0.25, -0.2) is 4.79 Å². The molecular weight excluding hydrogens is 374 g/mol. The molecule has 1 fully saturated rings. The van der Waals surface area contributed by atoms with Gasteiger partial charge in [0.1, 0.15) is 5.60 Å². The van der Waals surface area contributed by atoms with E-state index in [2.05, 4.69) is 14.7 Å². The number of hydrogen-bond donors (Lipinski definition) is 1. The van der Waals surface area contributed by atoms with E-state index in [1.165, 1.54) is 7.11 Å². The van der Waals surface area contributed by atoms with Crippen LogP contribution in [0.2, 0.25) is 0 Å². The second-order valence-corrected chi connectivity index (χ2v) is 8.32. The highest BCUT2D eigenvalue weighted by atomic mass is 16.6. The van der Waals surface area contributed by atoms with E-state index in [-0.39, 0.29) is 36.9 Å². The molecule has 0 bridgehead atoms. The number of aliphatic imine (C=N–C) groups is 1. The Bertz CT molecular complexity index is 757. The Morgan fingerprint density at radius 2 is 2.07 bits per heavy atom. The Hall–Kier alpha value is -2.48. The monoisotopic (exact) mass is 405 g/mol. The SMILES string of the molecule is COC(=O)CCO[C@H]1/C(=N/C(=O)OC(C)(C)C)C[C@H](c2ccncc2N)C[C@@H]1C. The van der Waals surface area contributed by atoms with Crippen molar-refractivity contribution < 1.29 is 23.8 Å². The van der Waals surface area contributed by atoms with E-state index in [0.717, 1.165) is 12.0 Å². The van der Waals surface area contributed by atoms with Crippen LogP contribution in [0, 0.1) is 5.92 Å². The van der Waals surface area contributed by atoms with Crippen LogP contribution in [0.25, 0.3) is 0 Å². The summed E-state index contributed by atoms with van der Waals surface area (Å²) in [5, 5.41) is 0. The largest absolute Gasteiger partial charge is 0.469 e. The molecule has 0 unspecified atom stereocenters. The van der Waals surface area contributed by atoms with E-state index in [1.54, 1.807) is 33.2 Å². The molecule has 29 heavy (non-hydrogen) atoms. The van der Waals surface area contributed by atoms with Gasteiger partial charge in [-0.3, -0.25) is 9.78 Å². The van der Waals surface area contributed by atoms with Gasteiger partial charge in [-0.15, -0.1) is 0 Å². The summed E-state index contributed by atoms with van der Waals surface area (Å²) in [6, 6.07) is 1.90. The number of pyridine rings is 1. The van der Waals surface area contributed by atoms with Gasteiger partial charge in [0.25, 0.3) is 0 Å². The maximum atomic E-state index is 12.3. The lowest BCUT2D eigenvalue weighted by molar-refractivity contribution is -0.142. The summed E-state index contributed by atoms with van der Waals surface area (Å²) in [7, 11) is 1.34. The van der Waals surface area contributed by atoms with Crippen LogP contribution in [0.5, 0.6) is 0 Å². The number of methoxy groups -OCH3 is 1. The normalized spacial score (nSPS) is 23.6. The second kappa shape index (κ2) is 9.82. The van der Waals surface area contributed by atoms with Crippen LogP contribution in [-0.2, 0) is 19.0 Å². The number of carbonyl (C=O) groups is 2. The van der Waals surface area contributed by atoms with Gasteiger partial charge >= 0.3 is 12.1 Å². The molecule has 1 aliphatic rings. The van der Waals surface area contributed by atoms with Crippen LogP contribution >= 0.6 is 0 Å². The van der Waals surface area contributed by atoms with Gasteiger partial charge in [0.2, 0.25) is 0 Å². The predicted octanol–water partition coefficient (Wildman–Crippen LogP) is 3.50. The maximum absolute atomic E-state index is 12.3. The first-order chi connectivity index (χ1) is 13.6. The highest BCUT2D eigenvalue weighted by molar-refractivity contribution is 5.97. The van der Waals surface area contributed by atoms with Gasteiger partial charge in [0, 0.05) is 6.20 Å². The predicted molar refractivity (Wildman–Crippen MR) is 110 cm³/mol. The quantitative estimate of drug-likeness (QED) is 0.746. The maximum Gasteiger partial charge on any atom is 0.434 e. The standard InChI is InChI=1S/C21H31N3O5/c1-13-10-14(15-6-8-23-12-16(15)22)11-17(24-20(26)29-21(2,3)4)19(13)28-9-7-18(25)27-5/h6,8,12-14,19H,7,9-11,22H2,1-5H3/b24-17+/t13-,14+,19+/m0/s1. The van der Waals surface area contributed by atoms with Crippen LogP contribution < -0.4 is 5.73 Å². The van der Waals surface area contributed by atoms with Crippen molar-refractivity contribution in [3.63, 3.8) is 0 Å². The minimum absolute atomic E-state index is 0.0696. The number of aromatic nitrogens is 1. The molecular formula is C21H31N3O5. The number of amides is 1. The van der Waals surface area contributed by atoms with Crippen molar-refractivity contribution in [2.24, 2.45) is 10.9 Å². The van der Waals surface area contributed by atoms with Crippen LogP contribution in [0.4, 0.5) is 10.5 Å². The van der Waals surface area contributed by atoms with Crippen molar-refractivity contribution >= 4 is 23.5 Å². The van der Waals surface area contributed by atoms with E-state index >= 15 is 0 Å². The highest BCUT2D eigenvalue weighted by Gasteiger charge is 2.36. The fourth-order valence-corrected chi connectivity index (χ4v) is 3.52. The summed E-state index contributed by atoms with van der Waals surface area (Å²) < 4.78 is 16.0. The van der Waals surface area contributed by atoms with E-state index < -0.39 is 11.7 Å². The lowest BCUT2D eigenvalue weighted by Crippen LogP contribution is -2.39. The molecule has 8 nitrogen and oxygen atoms in total. The van der Waals surface area contributed by atoms with E-state index in [0.29, 0.717) is 17.8 Å². The van der Waals surface area contributed by atoms with E-state index in [1.807, 2.05) is 13.0 Å². The summed E-state index contributed by atoms with van der Waals surface area (Å²) in [4.78, 5) is 32.0. The molecule has 0 aliphatic heterocycles. The molecule has 3 atom stereocenters. The Balaban J connectivity index is 2.24. The Kier molecular flexibility index (Phi) is 7.73. The zero-order chi connectivity index (χ0) is 21.6. The fourth-order valence-electron chi connectivity index (χ4n) is 3.52. The van der Waals surface area contributed by atoms with E-state index in [4.69, 9.17) is 15.2 Å². The smallest absolute Gasteiger partial charge is 0.434 e. The lowest BCUT2D eigenvalue weighted by Gasteiger charge is -2.35. The molecule has 1 aliphatic carbocycles. The number of nitrogen functional groups attached to an aromatic ring is 1. The summed E-state index contributed by atoms with van der Waals surface area (Å²) in [6.07, 6.45) is 3.77. The van der Waals surface area contributed by atoms with Gasteiger partial charge in [-0.05, 0) is 57.1 Å². The topological polar surface area (TPSA) is 113 Å². The minimum Gasteiger partial charge on any atom is -0.469 e. The first-order valence-corrected chi connectivity index (χ1v) is 9.79. The Labute approximate surface area is 171 Å². The van der Waals surface area contributed by atoms with Crippen LogP contribution in [0.1, 0.15) is 58.4 Å². The molecule has 0 radical (unpaired) electrons. The van der Waals surface area contributed by atoms with Crippen molar-refractivity contribution in [2.75, 3.05) is 19.5 Å².